The Balaban J connectivity index is 0.00000225. The first-order chi connectivity index (χ1) is 11.4. The summed E-state index contributed by atoms with van der Waals surface area (Å²) < 4.78 is 13.1. The number of hydrogen-bond acceptors (Lipinski definition) is 3. The first-order valence-corrected chi connectivity index (χ1v) is 8.61. The van der Waals surface area contributed by atoms with Gasteiger partial charge in [0.15, 0.2) is 0 Å². The van der Waals surface area contributed by atoms with Crippen LogP contribution in [0, 0.1) is 5.82 Å². The average molecular weight is 390 g/mol. The third kappa shape index (κ3) is 4.07. The lowest BCUT2D eigenvalue weighted by Gasteiger charge is -2.38. The molecule has 138 valence electrons. The predicted octanol–water partition coefficient (Wildman–Crippen LogP) is 2.46. The summed E-state index contributed by atoms with van der Waals surface area (Å²) in [5.74, 6) is -0.723. The quantitative estimate of drug-likeness (QED) is 0.844. The highest BCUT2D eigenvalue weighted by Gasteiger charge is 2.40. The van der Waals surface area contributed by atoms with Gasteiger partial charge in [0.2, 0.25) is 5.91 Å². The number of benzene rings is 1. The Hall–Kier alpha value is -1.37. The summed E-state index contributed by atoms with van der Waals surface area (Å²) in [5, 5.41) is 0.102. The van der Waals surface area contributed by atoms with Gasteiger partial charge >= 0.3 is 0 Å². The number of amides is 2. The van der Waals surface area contributed by atoms with E-state index in [2.05, 4.69) is 0 Å². The fraction of sp³-hybridized carbons (Fsp3) is 0.529. The van der Waals surface area contributed by atoms with Gasteiger partial charge in [-0.2, -0.15) is 0 Å². The van der Waals surface area contributed by atoms with Crippen molar-refractivity contribution in [3.05, 3.63) is 34.6 Å². The molecule has 5 nitrogen and oxygen atoms in total. The van der Waals surface area contributed by atoms with E-state index >= 15 is 0 Å². The minimum Gasteiger partial charge on any atom is -0.338 e. The molecule has 3 rings (SSSR count). The highest BCUT2D eigenvalue weighted by Crippen LogP contribution is 2.29. The van der Waals surface area contributed by atoms with Crippen molar-refractivity contribution in [2.75, 3.05) is 26.2 Å². The fourth-order valence-electron chi connectivity index (χ4n) is 3.48. The summed E-state index contributed by atoms with van der Waals surface area (Å²) in [7, 11) is 0. The van der Waals surface area contributed by atoms with Gasteiger partial charge in [0.05, 0.1) is 16.1 Å². The molecule has 1 saturated carbocycles. The van der Waals surface area contributed by atoms with Crippen LogP contribution in [0.4, 0.5) is 4.39 Å². The Kier molecular flexibility index (Phi) is 6.30. The first-order valence-electron chi connectivity index (χ1n) is 8.23. The topological polar surface area (TPSA) is 66.6 Å². The molecule has 2 N–H and O–H groups in total. The van der Waals surface area contributed by atoms with Crippen molar-refractivity contribution in [1.82, 2.24) is 9.80 Å². The van der Waals surface area contributed by atoms with Crippen LogP contribution in [0.1, 0.15) is 36.0 Å². The minimum absolute atomic E-state index is 0. The van der Waals surface area contributed by atoms with Crippen LogP contribution in [-0.4, -0.2) is 53.3 Å². The van der Waals surface area contributed by atoms with Crippen LogP contribution < -0.4 is 5.73 Å². The summed E-state index contributed by atoms with van der Waals surface area (Å²) >= 11 is 5.96. The Morgan fingerprint density at radius 2 is 1.64 bits per heavy atom. The number of nitrogens with two attached hydrogens (primary N) is 1. The van der Waals surface area contributed by atoms with Crippen LogP contribution in [0.15, 0.2) is 18.2 Å². The zero-order chi connectivity index (χ0) is 17.3. The maximum absolute atomic E-state index is 13.1. The molecule has 2 fully saturated rings. The molecule has 0 bridgehead atoms. The molecule has 0 radical (unpaired) electrons. The van der Waals surface area contributed by atoms with Gasteiger partial charge in [-0.3, -0.25) is 9.59 Å². The van der Waals surface area contributed by atoms with Crippen molar-refractivity contribution >= 4 is 35.8 Å². The Bertz CT molecular complexity index is 657. The third-order valence-electron chi connectivity index (χ3n) is 4.94. The van der Waals surface area contributed by atoms with E-state index < -0.39 is 11.4 Å². The molecule has 1 heterocycles. The average Bonchev–Trinajstić information content (AvgIpc) is 3.02. The summed E-state index contributed by atoms with van der Waals surface area (Å²) in [4.78, 5) is 28.5. The molecule has 2 aliphatic rings. The van der Waals surface area contributed by atoms with E-state index in [4.69, 9.17) is 17.3 Å². The SMILES string of the molecule is Cl.NC1(C(=O)N2CCN(C(=O)c3ccc(F)cc3Cl)CC2)CCCC1. The van der Waals surface area contributed by atoms with E-state index in [9.17, 15) is 14.0 Å². The van der Waals surface area contributed by atoms with E-state index in [1.165, 1.54) is 12.1 Å². The number of carbonyl (C=O) groups excluding carboxylic acids is 2. The van der Waals surface area contributed by atoms with Crippen LogP contribution in [0.25, 0.3) is 0 Å². The standard InChI is InChI=1S/C17H21ClFN3O2.ClH/c18-14-11-12(19)3-4-13(14)15(23)21-7-9-22(10-8-21)16(24)17(20)5-1-2-6-17;/h3-4,11H,1-2,5-10,20H2;1H. The zero-order valence-corrected chi connectivity index (χ0v) is 15.4. The van der Waals surface area contributed by atoms with Gasteiger partial charge in [-0.25, -0.2) is 4.39 Å². The van der Waals surface area contributed by atoms with E-state index in [1.807, 2.05) is 0 Å². The lowest BCUT2D eigenvalue weighted by atomic mass is 9.97. The fourth-order valence-corrected chi connectivity index (χ4v) is 3.73. The molecule has 0 unspecified atom stereocenters. The van der Waals surface area contributed by atoms with Crippen LogP contribution >= 0.6 is 24.0 Å². The van der Waals surface area contributed by atoms with Gasteiger partial charge in [0.1, 0.15) is 5.82 Å². The van der Waals surface area contributed by atoms with E-state index in [-0.39, 0.29) is 34.8 Å². The molecular formula is C17H22Cl2FN3O2. The van der Waals surface area contributed by atoms with Gasteiger partial charge < -0.3 is 15.5 Å². The van der Waals surface area contributed by atoms with Crippen molar-refractivity contribution in [3.63, 3.8) is 0 Å². The number of rotatable bonds is 2. The molecule has 1 aromatic rings. The van der Waals surface area contributed by atoms with Crippen LogP contribution in [0.3, 0.4) is 0 Å². The minimum atomic E-state index is -0.730. The Labute approximate surface area is 157 Å². The smallest absolute Gasteiger partial charge is 0.255 e. The second kappa shape index (κ2) is 7.89. The molecule has 0 spiro atoms. The monoisotopic (exact) mass is 389 g/mol. The van der Waals surface area contributed by atoms with E-state index in [1.54, 1.807) is 9.80 Å². The Morgan fingerprint density at radius 3 is 2.20 bits per heavy atom. The summed E-state index contributed by atoms with van der Waals surface area (Å²) in [6.45, 7) is 1.77. The van der Waals surface area contributed by atoms with E-state index in [0.717, 1.165) is 31.7 Å². The van der Waals surface area contributed by atoms with Gasteiger partial charge in [0, 0.05) is 26.2 Å². The molecule has 1 aliphatic heterocycles. The molecule has 1 saturated heterocycles. The summed E-state index contributed by atoms with van der Waals surface area (Å²) in [5.41, 5.74) is 5.78. The third-order valence-corrected chi connectivity index (χ3v) is 5.25. The van der Waals surface area contributed by atoms with Crippen LogP contribution in [0.5, 0.6) is 0 Å². The molecular weight excluding hydrogens is 368 g/mol. The number of hydrogen-bond donors (Lipinski definition) is 1. The van der Waals surface area contributed by atoms with Crippen LogP contribution in [-0.2, 0) is 4.79 Å². The second-order valence-electron chi connectivity index (χ2n) is 6.57. The van der Waals surface area contributed by atoms with Gasteiger partial charge in [0.25, 0.3) is 5.91 Å². The highest BCUT2D eigenvalue weighted by molar-refractivity contribution is 6.33. The van der Waals surface area contributed by atoms with Crippen molar-refractivity contribution in [2.45, 2.75) is 31.2 Å². The first kappa shape index (κ1) is 19.9. The Morgan fingerprint density at radius 1 is 1.08 bits per heavy atom. The van der Waals surface area contributed by atoms with Crippen molar-refractivity contribution in [3.8, 4) is 0 Å². The van der Waals surface area contributed by atoms with Crippen LogP contribution in [0.2, 0.25) is 5.02 Å². The lowest BCUT2D eigenvalue weighted by Crippen LogP contribution is -2.59. The zero-order valence-electron chi connectivity index (χ0n) is 13.8. The van der Waals surface area contributed by atoms with Gasteiger partial charge in [-0.15, -0.1) is 12.4 Å². The molecule has 2 amide bonds. The number of carbonyl (C=O) groups is 2. The normalized spacial score (nSPS) is 19.5. The molecule has 1 aliphatic carbocycles. The van der Waals surface area contributed by atoms with Gasteiger partial charge in [-0.05, 0) is 31.0 Å². The number of nitrogens with zero attached hydrogens (tertiary/aromatic N) is 2. The highest BCUT2D eigenvalue weighted by atomic mass is 35.5. The molecule has 8 heteroatoms. The predicted molar refractivity (Wildman–Crippen MR) is 96.5 cm³/mol. The molecule has 25 heavy (non-hydrogen) atoms. The lowest BCUT2D eigenvalue weighted by molar-refractivity contribution is -0.138. The number of halogens is 3. The maximum Gasteiger partial charge on any atom is 0.255 e. The van der Waals surface area contributed by atoms with Gasteiger partial charge in [-0.1, -0.05) is 24.4 Å². The number of piperazine rings is 1. The molecule has 0 atom stereocenters. The van der Waals surface area contributed by atoms with E-state index in [0.29, 0.717) is 26.2 Å². The maximum atomic E-state index is 13.1. The summed E-state index contributed by atoms with van der Waals surface area (Å²) in [6.07, 6.45) is 3.44. The second-order valence-corrected chi connectivity index (χ2v) is 6.98. The summed E-state index contributed by atoms with van der Waals surface area (Å²) in [6, 6.07) is 3.74. The van der Waals surface area contributed by atoms with Crippen molar-refractivity contribution in [2.24, 2.45) is 5.73 Å². The molecule has 0 aromatic heterocycles. The van der Waals surface area contributed by atoms with Crippen molar-refractivity contribution < 1.29 is 14.0 Å². The van der Waals surface area contributed by atoms with Crippen molar-refractivity contribution in [1.29, 1.82) is 0 Å². The largest absolute Gasteiger partial charge is 0.338 e. The molecule has 1 aromatic carbocycles.